The van der Waals surface area contributed by atoms with Gasteiger partial charge in [0.15, 0.2) is 0 Å². The average molecular weight is 122 g/mol. The fourth-order valence-electron chi connectivity index (χ4n) is 2.46. The topological polar surface area (TPSA) is 0 Å². The summed E-state index contributed by atoms with van der Waals surface area (Å²) in [5.41, 5.74) is 1.54. The van der Waals surface area contributed by atoms with Gasteiger partial charge in [-0.05, 0) is 37.0 Å². The predicted molar refractivity (Wildman–Crippen MR) is 39.1 cm³/mol. The first-order chi connectivity index (χ1) is 4.27. The molecule has 0 radical (unpaired) electrons. The lowest BCUT2D eigenvalue weighted by Gasteiger charge is -2.17. The minimum Gasteiger partial charge on any atom is -0.0996 e. The molecule has 0 aromatic rings. The van der Waals surface area contributed by atoms with Crippen molar-refractivity contribution >= 4 is 0 Å². The number of hydrogen-bond donors (Lipinski definition) is 0. The summed E-state index contributed by atoms with van der Waals surface area (Å²) in [4.78, 5) is 0. The van der Waals surface area contributed by atoms with Crippen LogP contribution in [0.25, 0.3) is 0 Å². The Bertz CT molecular complexity index is 144. The van der Waals surface area contributed by atoms with Crippen molar-refractivity contribution in [1.29, 1.82) is 0 Å². The van der Waals surface area contributed by atoms with Crippen molar-refractivity contribution in [2.24, 2.45) is 17.8 Å². The van der Waals surface area contributed by atoms with E-state index in [1.54, 1.807) is 0 Å². The van der Waals surface area contributed by atoms with Gasteiger partial charge in [0, 0.05) is 0 Å². The van der Waals surface area contributed by atoms with Gasteiger partial charge in [-0.2, -0.15) is 0 Å². The van der Waals surface area contributed by atoms with Crippen molar-refractivity contribution in [2.75, 3.05) is 0 Å². The third-order valence-electron chi connectivity index (χ3n) is 3.15. The molecule has 50 valence electrons. The third-order valence-corrected chi connectivity index (χ3v) is 3.15. The molecule has 0 nitrogen and oxygen atoms in total. The normalized spacial score (nSPS) is 48.6. The van der Waals surface area contributed by atoms with Gasteiger partial charge in [0.05, 0.1) is 0 Å². The quantitative estimate of drug-likeness (QED) is 0.433. The number of rotatable bonds is 0. The largest absolute Gasteiger partial charge is 0.0996 e. The molecule has 9 heavy (non-hydrogen) atoms. The van der Waals surface area contributed by atoms with Gasteiger partial charge >= 0.3 is 0 Å². The summed E-state index contributed by atoms with van der Waals surface area (Å²) >= 11 is 0. The molecular weight excluding hydrogens is 108 g/mol. The van der Waals surface area contributed by atoms with Crippen molar-refractivity contribution in [3.8, 4) is 0 Å². The molecule has 3 atom stereocenters. The first-order valence-electron chi connectivity index (χ1n) is 3.95. The Labute approximate surface area is 57.0 Å². The monoisotopic (exact) mass is 122 g/mol. The lowest BCUT2D eigenvalue weighted by molar-refractivity contribution is 0.405. The Morgan fingerprint density at radius 3 is 2.56 bits per heavy atom. The van der Waals surface area contributed by atoms with E-state index in [1.165, 1.54) is 24.8 Å². The Kier molecular flexibility index (Phi) is 0.992. The zero-order chi connectivity index (χ0) is 6.43. The zero-order valence-corrected chi connectivity index (χ0v) is 6.06. The van der Waals surface area contributed by atoms with E-state index < -0.39 is 0 Å². The molecule has 2 aliphatic rings. The Morgan fingerprint density at radius 2 is 2.22 bits per heavy atom. The summed E-state index contributed by atoms with van der Waals surface area (Å²) in [5, 5.41) is 0. The average Bonchev–Trinajstić information content (AvgIpc) is 2.24. The van der Waals surface area contributed by atoms with Crippen LogP contribution in [-0.2, 0) is 0 Å². The Morgan fingerprint density at radius 1 is 1.44 bits per heavy atom. The molecule has 0 saturated heterocycles. The SMILES string of the molecule is C=C1C[C@@H]2C[C@H]1C[C@@H]2C. The van der Waals surface area contributed by atoms with E-state index in [4.69, 9.17) is 0 Å². The summed E-state index contributed by atoms with van der Waals surface area (Å²) < 4.78 is 0. The smallest absolute Gasteiger partial charge is 0.0200 e. The van der Waals surface area contributed by atoms with Gasteiger partial charge in [-0.1, -0.05) is 19.1 Å². The first kappa shape index (κ1) is 5.52. The highest BCUT2D eigenvalue weighted by molar-refractivity contribution is 5.13. The minimum atomic E-state index is 0.921. The highest BCUT2D eigenvalue weighted by Gasteiger charge is 2.39. The van der Waals surface area contributed by atoms with E-state index in [0.717, 1.165) is 17.8 Å². The molecular formula is C9H14. The van der Waals surface area contributed by atoms with Crippen LogP contribution in [0.4, 0.5) is 0 Å². The van der Waals surface area contributed by atoms with Crippen molar-refractivity contribution < 1.29 is 0 Å². The summed E-state index contributed by atoms with van der Waals surface area (Å²) in [6, 6.07) is 0. The fraction of sp³-hybridized carbons (Fsp3) is 0.778. The lowest BCUT2D eigenvalue weighted by Crippen LogP contribution is -2.06. The maximum absolute atomic E-state index is 4.07. The maximum Gasteiger partial charge on any atom is -0.0200 e. The molecule has 2 aliphatic carbocycles. The molecule has 0 N–H and O–H groups in total. The van der Waals surface area contributed by atoms with Crippen LogP contribution in [0.1, 0.15) is 26.2 Å². The van der Waals surface area contributed by atoms with Gasteiger partial charge in [0.2, 0.25) is 0 Å². The standard InChI is InChI=1S/C9H14/c1-6-3-9-5-8(6)4-7(9)2/h7-9H,1,3-5H2,2H3/t7-,8+,9+/m0/s1. The minimum absolute atomic E-state index is 0.921. The second-order valence-corrected chi connectivity index (χ2v) is 3.77. The third kappa shape index (κ3) is 0.654. The van der Waals surface area contributed by atoms with Crippen molar-refractivity contribution in [3.63, 3.8) is 0 Å². The van der Waals surface area contributed by atoms with Crippen molar-refractivity contribution in [2.45, 2.75) is 26.2 Å². The van der Waals surface area contributed by atoms with Crippen LogP contribution >= 0.6 is 0 Å². The number of allylic oxidation sites excluding steroid dienone is 1. The molecule has 2 bridgehead atoms. The summed E-state index contributed by atoms with van der Waals surface area (Å²) in [6.07, 6.45) is 4.23. The molecule has 2 rings (SSSR count). The van der Waals surface area contributed by atoms with Crippen LogP contribution in [0.15, 0.2) is 12.2 Å². The summed E-state index contributed by atoms with van der Waals surface area (Å²) in [5.74, 6) is 2.94. The summed E-state index contributed by atoms with van der Waals surface area (Å²) in [7, 11) is 0. The van der Waals surface area contributed by atoms with Gasteiger partial charge in [0.1, 0.15) is 0 Å². The van der Waals surface area contributed by atoms with E-state index in [2.05, 4.69) is 13.5 Å². The second-order valence-electron chi connectivity index (χ2n) is 3.77. The first-order valence-corrected chi connectivity index (χ1v) is 3.95. The van der Waals surface area contributed by atoms with Crippen LogP contribution in [0.2, 0.25) is 0 Å². The van der Waals surface area contributed by atoms with Crippen LogP contribution < -0.4 is 0 Å². The molecule has 0 spiro atoms. The van der Waals surface area contributed by atoms with Gasteiger partial charge in [-0.3, -0.25) is 0 Å². The molecule has 0 amide bonds. The fourth-order valence-corrected chi connectivity index (χ4v) is 2.46. The Balaban J connectivity index is 2.19. The highest BCUT2D eigenvalue weighted by atomic mass is 14.4. The predicted octanol–water partition coefficient (Wildman–Crippen LogP) is 2.61. The molecule has 0 aromatic heterocycles. The van der Waals surface area contributed by atoms with Gasteiger partial charge in [-0.25, -0.2) is 0 Å². The van der Waals surface area contributed by atoms with E-state index in [1.807, 2.05) is 0 Å². The van der Waals surface area contributed by atoms with Crippen LogP contribution in [0.3, 0.4) is 0 Å². The van der Waals surface area contributed by atoms with E-state index >= 15 is 0 Å². The highest BCUT2D eigenvalue weighted by Crippen LogP contribution is 2.50. The van der Waals surface area contributed by atoms with E-state index in [9.17, 15) is 0 Å². The van der Waals surface area contributed by atoms with E-state index in [-0.39, 0.29) is 0 Å². The van der Waals surface area contributed by atoms with Crippen molar-refractivity contribution in [3.05, 3.63) is 12.2 Å². The van der Waals surface area contributed by atoms with Crippen LogP contribution in [0.5, 0.6) is 0 Å². The zero-order valence-electron chi connectivity index (χ0n) is 6.06. The van der Waals surface area contributed by atoms with Gasteiger partial charge < -0.3 is 0 Å². The molecule has 2 fully saturated rings. The molecule has 0 unspecified atom stereocenters. The lowest BCUT2D eigenvalue weighted by atomic mass is 9.88. The van der Waals surface area contributed by atoms with Gasteiger partial charge in [-0.15, -0.1) is 0 Å². The molecule has 0 aromatic carbocycles. The molecule has 0 heterocycles. The van der Waals surface area contributed by atoms with Crippen LogP contribution in [0, 0.1) is 17.8 Å². The van der Waals surface area contributed by atoms with Crippen molar-refractivity contribution in [1.82, 2.24) is 0 Å². The Hall–Kier alpha value is -0.260. The number of hydrogen-bond acceptors (Lipinski definition) is 0. The number of fused-ring (bicyclic) bond motifs is 2. The van der Waals surface area contributed by atoms with Crippen LogP contribution in [-0.4, -0.2) is 0 Å². The maximum atomic E-state index is 4.07. The van der Waals surface area contributed by atoms with Gasteiger partial charge in [0.25, 0.3) is 0 Å². The van der Waals surface area contributed by atoms with E-state index in [0.29, 0.717) is 0 Å². The molecule has 2 saturated carbocycles. The second kappa shape index (κ2) is 1.62. The molecule has 0 aliphatic heterocycles. The summed E-state index contributed by atoms with van der Waals surface area (Å²) in [6.45, 7) is 6.46. The molecule has 0 heteroatoms.